The van der Waals surface area contributed by atoms with Gasteiger partial charge in [0.15, 0.2) is 5.43 Å². The van der Waals surface area contributed by atoms with Gasteiger partial charge in [0.1, 0.15) is 5.82 Å². The zero-order valence-corrected chi connectivity index (χ0v) is 8.20. The average molecular weight is 207 g/mol. The summed E-state index contributed by atoms with van der Waals surface area (Å²) < 4.78 is 14.6. The molecule has 1 aromatic carbocycles. The average Bonchev–Trinajstić information content (AvgIpc) is 2.23. The maximum absolute atomic E-state index is 13.0. The van der Waals surface area contributed by atoms with Crippen LogP contribution in [0.5, 0.6) is 0 Å². The second kappa shape index (κ2) is 3.47. The summed E-state index contributed by atoms with van der Waals surface area (Å²) in [6, 6.07) is 3.98. The largest absolute Gasteiger partial charge is 0.391 e. The van der Waals surface area contributed by atoms with Crippen molar-refractivity contribution in [2.75, 3.05) is 0 Å². The monoisotopic (exact) mass is 207 g/mol. The Hall–Kier alpha value is -1.68. The van der Waals surface area contributed by atoms with Gasteiger partial charge in [0.25, 0.3) is 0 Å². The first-order valence-electron chi connectivity index (χ1n) is 4.52. The van der Waals surface area contributed by atoms with Crippen LogP contribution >= 0.6 is 0 Å². The molecule has 0 aliphatic heterocycles. The fraction of sp³-hybridized carbons (Fsp3) is 0.182. The second-order valence-electron chi connectivity index (χ2n) is 3.41. The highest BCUT2D eigenvalue weighted by Crippen LogP contribution is 2.12. The molecule has 0 unspecified atom stereocenters. The molecule has 0 fully saturated rings. The fourth-order valence-corrected chi connectivity index (χ4v) is 1.64. The van der Waals surface area contributed by atoms with Crippen molar-refractivity contribution in [3.63, 3.8) is 0 Å². The number of fused-ring (bicyclic) bond motifs is 1. The van der Waals surface area contributed by atoms with Crippen molar-refractivity contribution >= 4 is 10.9 Å². The quantitative estimate of drug-likeness (QED) is 0.762. The molecule has 0 aliphatic carbocycles. The zero-order chi connectivity index (χ0) is 11.0. The lowest BCUT2D eigenvalue weighted by Gasteiger charge is -2.07. The summed E-state index contributed by atoms with van der Waals surface area (Å²) in [6.45, 7) is -0.306. The van der Waals surface area contributed by atoms with Crippen molar-refractivity contribution in [1.82, 2.24) is 4.57 Å². The summed E-state index contributed by atoms with van der Waals surface area (Å²) >= 11 is 0. The standard InChI is InChI=1S/C11H10FNO2/c1-13-5-7(6-14)11(15)9-3-2-8(12)4-10(9)13/h2-5,14H,6H2,1H3. The van der Waals surface area contributed by atoms with Crippen LogP contribution in [0, 0.1) is 5.82 Å². The molecule has 1 aromatic heterocycles. The van der Waals surface area contributed by atoms with Crippen LogP contribution in [0.1, 0.15) is 5.56 Å². The van der Waals surface area contributed by atoms with Crippen molar-refractivity contribution in [3.05, 3.63) is 46.0 Å². The third-order valence-corrected chi connectivity index (χ3v) is 2.40. The lowest BCUT2D eigenvalue weighted by atomic mass is 10.1. The molecule has 0 spiro atoms. The third kappa shape index (κ3) is 1.53. The van der Waals surface area contributed by atoms with Crippen LogP contribution in [-0.2, 0) is 13.7 Å². The van der Waals surface area contributed by atoms with Gasteiger partial charge in [-0.2, -0.15) is 0 Å². The van der Waals surface area contributed by atoms with Gasteiger partial charge in [-0.05, 0) is 18.2 Å². The van der Waals surface area contributed by atoms with E-state index in [0.717, 1.165) is 0 Å². The van der Waals surface area contributed by atoms with Gasteiger partial charge in [0.05, 0.1) is 12.1 Å². The summed E-state index contributed by atoms with van der Waals surface area (Å²) in [5, 5.41) is 9.39. The second-order valence-corrected chi connectivity index (χ2v) is 3.41. The normalized spacial score (nSPS) is 10.9. The molecule has 1 N–H and O–H groups in total. The molecule has 0 bridgehead atoms. The van der Waals surface area contributed by atoms with Crippen LogP contribution in [0.4, 0.5) is 4.39 Å². The molecule has 4 heteroatoms. The van der Waals surface area contributed by atoms with Crippen LogP contribution in [0.2, 0.25) is 0 Å². The number of aliphatic hydroxyl groups excluding tert-OH is 1. The lowest BCUT2D eigenvalue weighted by Crippen LogP contribution is -2.13. The number of hydrogen-bond donors (Lipinski definition) is 1. The molecule has 1 heterocycles. The van der Waals surface area contributed by atoms with E-state index >= 15 is 0 Å². The summed E-state index contributed by atoms with van der Waals surface area (Å²) in [5.41, 5.74) is 0.597. The number of pyridine rings is 1. The summed E-state index contributed by atoms with van der Waals surface area (Å²) in [5.74, 6) is -0.380. The van der Waals surface area contributed by atoms with Crippen molar-refractivity contribution < 1.29 is 9.50 Å². The first kappa shape index (κ1) is 9.86. The molecule has 2 rings (SSSR count). The predicted molar refractivity (Wildman–Crippen MR) is 55.1 cm³/mol. The van der Waals surface area contributed by atoms with Gasteiger partial charge in [0, 0.05) is 24.2 Å². The van der Waals surface area contributed by atoms with Crippen LogP contribution < -0.4 is 5.43 Å². The molecule has 3 nitrogen and oxygen atoms in total. The van der Waals surface area contributed by atoms with Crippen LogP contribution in [0.3, 0.4) is 0 Å². The third-order valence-electron chi connectivity index (χ3n) is 2.40. The Morgan fingerprint density at radius 3 is 2.87 bits per heavy atom. The van der Waals surface area contributed by atoms with Crippen molar-refractivity contribution in [3.8, 4) is 0 Å². The zero-order valence-electron chi connectivity index (χ0n) is 8.20. The van der Waals surface area contributed by atoms with E-state index in [0.29, 0.717) is 16.5 Å². The van der Waals surface area contributed by atoms with E-state index in [1.54, 1.807) is 11.6 Å². The van der Waals surface area contributed by atoms with Gasteiger partial charge in [-0.1, -0.05) is 0 Å². The first-order valence-corrected chi connectivity index (χ1v) is 4.52. The van der Waals surface area contributed by atoms with E-state index in [4.69, 9.17) is 5.11 Å². The van der Waals surface area contributed by atoms with Crippen molar-refractivity contribution in [2.45, 2.75) is 6.61 Å². The smallest absolute Gasteiger partial charge is 0.194 e. The maximum atomic E-state index is 13.0. The molecule has 0 saturated heterocycles. The molecular weight excluding hydrogens is 197 g/mol. The number of rotatable bonds is 1. The number of halogens is 1. The molecule has 0 aliphatic rings. The van der Waals surface area contributed by atoms with Gasteiger partial charge in [-0.15, -0.1) is 0 Å². The van der Waals surface area contributed by atoms with Crippen LogP contribution in [0.15, 0.2) is 29.2 Å². The maximum Gasteiger partial charge on any atom is 0.194 e. The highest BCUT2D eigenvalue weighted by Gasteiger charge is 2.06. The van der Waals surface area contributed by atoms with Gasteiger partial charge < -0.3 is 9.67 Å². The molecular formula is C11H10FNO2. The van der Waals surface area contributed by atoms with E-state index in [1.807, 2.05) is 0 Å². The Labute approximate surface area is 85.4 Å². The number of benzene rings is 1. The summed E-state index contributed by atoms with van der Waals surface area (Å²) in [6.07, 6.45) is 1.52. The molecule has 0 atom stereocenters. The molecule has 15 heavy (non-hydrogen) atoms. The molecule has 0 radical (unpaired) electrons. The Morgan fingerprint density at radius 2 is 2.20 bits per heavy atom. The number of nitrogens with zero attached hydrogens (tertiary/aromatic N) is 1. The molecule has 78 valence electrons. The lowest BCUT2D eigenvalue weighted by molar-refractivity contribution is 0.280. The number of aryl methyl sites for hydroxylation is 1. The Balaban J connectivity index is 2.93. The van der Waals surface area contributed by atoms with Crippen LogP contribution in [0.25, 0.3) is 10.9 Å². The molecule has 2 aromatic rings. The number of aromatic nitrogens is 1. The Bertz CT molecular complexity index is 575. The number of aliphatic hydroxyl groups is 1. The minimum Gasteiger partial charge on any atom is -0.391 e. The predicted octanol–water partition coefficient (Wildman–Crippen LogP) is 1.17. The highest BCUT2D eigenvalue weighted by molar-refractivity contribution is 5.79. The Kier molecular flexibility index (Phi) is 2.28. The van der Waals surface area contributed by atoms with Gasteiger partial charge in [-0.3, -0.25) is 4.79 Å². The van der Waals surface area contributed by atoms with E-state index in [2.05, 4.69) is 0 Å². The van der Waals surface area contributed by atoms with Crippen LogP contribution in [-0.4, -0.2) is 9.67 Å². The van der Waals surface area contributed by atoms with E-state index in [-0.39, 0.29) is 17.9 Å². The molecule has 0 amide bonds. The van der Waals surface area contributed by atoms with Gasteiger partial charge >= 0.3 is 0 Å². The van der Waals surface area contributed by atoms with E-state index in [9.17, 15) is 9.18 Å². The summed E-state index contributed by atoms with van der Waals surface area (Å²) in [4.78, 5) is 11.7. The van der Waals surface area contributed by atoms with Crippen molar-refractivity contribution in [1.29, 1.82) is 0 Å². The number of hydrogen-bond acceptors (Lipinski definition) is 2. The minimum atomic E-state index is -0.380. The van der Waals surface area contributed by atoms with Gasteiger partial charge in [0.2, 0.25) is 0 Å². The summed E-state index contributed by atoms with van der Waals surface area (Å²) in [7, 11) is 1.71. The first-order chi connectivity index (χ1) is 7.13. The topological polar surface area (TPSA) is 42.2 Å². The molecule has 0 saturated carbocycles. The van der Waals surface area contributed by atoms with E-state index in [1.165, 1.54) is 24.4 Å². The van der Waals surface area contributed by atoms with E-state index < -0.39 is 0 Å². The minimum absolute atomic E-state index is 0.245. The Morgan fingerprint density at radius 1 is 1.47 bits per heavy atom. The van der Waals surface area contributed by atoms with Gasteiger partial charge in [-0.25, -0.2) is 4.39 Å². The highest BCUT2D eigenvalue weighted by atomic mass is 19.1. The fourth-order valence-electron chi connectivity index (χ4n) is 1.64. The SMILES string of the molecule is Cn1cc(CO)c(=O)c2ccc(F)cc21. The van der Waals surface area contributed by atoms with Crippen molar-refractivity contribution in [2.24, 2.45) is 7.05 Å².